The summed E-state index contributed by atoms with van der Waals surface area (Å²) >= 11 is 0. The average molecular weight is 246 g/mol. The minimum absolute atomic E-state index is 0.188. The molecule has 0 radical (unpaired) electrons. The van der Waals surface area contributed by atoms with Crippen molar-refractivity contribution in [1.82, 2.24) is 4.98 Å². The molecule has 0 aliphatic heterocycles. The van der Waals surface area contributed by atoms with Crippen LogP contribution in [-0.2, 0) is 6.61 Å². The summed E-state index contributed by atoms with van der Waals surface area (Å²) in [4.78, 5) is 3.97. The van der Waals surface area contributed by atoms with E-state index in [0.29, 0.717) is 6.61 Å². The van der Waals surface area contributed by atoms with E-state index in [1.807, 2.05) is 19.1 Å². The van der Waals surface area contributed by atoms with E-state index in [0.717, 1.165) is 11.1 Å². The number of benzene rings is 1. The van der Waals surface area contributed by atoms with Gasteiger partial charge in [0.15, 0.2) is 11.6 Å². The fraction of sp³-hybridized carbons (Fsp3) is 0.214. The van der Waals surface area contributed by atoms with Gasteiger partial charge >= 0.3 is 0 Å². The Bertz CT molecular complexity index is 514. The smallest absolute Gasteiger partial charge is 0.165 e. The molecular weight excluding hydrogens is 231 g/mol. The number of ether oxygens (including phenoxy) is 1. The Morgan fingerprint density at radius 3 is 2.83 bits per heavy atom. The number of aromatic nitrogens is 1. The predicted octanol–water partition coefficient (Wildman–Crippen LogP) is 2.82. The summed E-state index contributed by atoms with van der Waals surface area (Å²) in [7, 11) is 0. The van der Waals surface area contributed by atoms with E-state index < -0.39 is 5.82 Å². The molecule has 1 heterocycles. The lowest BCUT2D eigenvalue weighted by atomic mass is 10.1. The molecule has 4 heteroatoms. The summed E-state index contributed by atoms with van der Waals surface area (Å²) < 4.78 is 19.1. The van der Waals surface area contributed by atoms with Gasteiger partial charge < -0.3 is 10.5 Å². The normalized spacial score (nSPS) is 12.2. The second kappa shape index (κ2) is 5.60. The van der Waals surface area contributed by atoms with E-state index in [1.165, 1.54) is 6.07 Å². The van der Waals surface area contributed by atoms with Gasteiger partial charge in [-0.05, 0) is 30.7 Å². The second-order valence-electron chi connectivity index (χ2n) is 4.13. The minimum Gasteiger partial charge on any atom is -0.486 e. The highest BCUT2D eigenvalue weighted by molar-refractivity contribution is 5.31. The van der Waals surface area contributed by atoms with Crippen molar-refractivity contribution in [3.63, 3.8) is 0 Å². The Hall–Kier alpha value is -1.94. The molecule has 0 aliphatic carbocycles. The number of nitrogens with zero attached hydrogens (tertiary/aromatic N) is 1. The Morgan fingerprint density at radius 2 is 2.22 bits per heavy atom. The molecule has 3 nitrogen and oxygen atoms in total. The topological polar surface area (TPSA) is 48.1 Å². The van der Waals surface area contributed by atoms with Crippen molar-refractivity contribution in [3.05, 3.63) is 59.7 Å². The van der Waals surface area contributed by atoms with Gasteiger partial charge in [-0.1, -0.05) is 12.1 Å². The highest BCUT2D eigenvalue weighted by atomic mass is 19.1. The summed E-state index contributed by atoms with van der Waals surface area (Å²) in [5, 5.41) is 0. The molecule has 0 spiro atoms. The number of hydrogen-bond donors (Lipinski definition) is 1. The first-order valence-electron chi connectivity index (χ1n) is 5.73. The summed E-state index contributed by atoms with van der Waals surface area (Å²) in [6, 6.07) is 8.28. The summed E-state index contributed by atoms with van der Waals surface area (Å²) in [6.07, 6.45) is 3.37. The molecule has 0 saturated carbocycles. The number of rotatable bonds is 4. The predicted molar refractivity (Wildman–Crippen MR) is 67.6 cm³/mol. The first-order valence-corrected chi connectivity index (χ1v) is 5.73. The van der Waals surface area contributed by atoms with Crippen molar-refractivity contribution in [1.29, 1.82) is 0 Å². The first-order chi connectivity index (χ1) is 8.66. The zero-order valence-electron chi connectivity index (χ0n) is 10.1. The summed E-state index contributed by atoms with van der Waals surface area (Å²) in [5.41, 5.74) is 7.33. The highest BCUT2D eigenvalue weighted by Gasteiger charge is 2.07. The standard InChI is InChI=1S/C14H15FN2O/c1-10(16)12-4-5-14(13(15)7-12)18-9-11-3-2-6-17-8-11/h2-8,10H,9,16H2,1H3. The van der Waals surface area contributed by atoms with Crippen molar-refractivity contribution in [2.75, 3.05) is 0 Å². The Kier molecular flexibility index (Phi) is 3.89. The van der Waals surface area contributed by atoms with Crippen LogP contribution in [0.5, 0.6) is 5.75 Å². The molecule has 18 heavy (non-hydrogen) atoms. The van der Waals surface area contributed by atoms with E-state index in [9.17, 15) is 4.39 Å². The number of halogens is 1. The van der Waals surface area contributed by atoms with Gasteiger partial charge in [-0.15, -0.1) is 0 Å². The lowest BCUT2D eigenvalue weighted by Crippen LogP contribution is -2.06. The number of nitrogens with two attached hydrogens (primary N) is 1. The molecule has 1 atom stereocenters. The van der Waals surface area contributed by atoms with Gasteiger partial charge in [0.25, 0.3) is 0 Å². The second-order valence-corrected chi connectivity index (χ2v) is 4.13. The number of pyridine rings is 1. The monoisotopic (exact) mass is 246 g/mol. The van der Waals surface area contributed by atoms with Crippen molar-refractivity contribution in [2.45, 2.75) is 19.6 Å². The van der Waals surface area contributed by atoms with Crippen molar-refractivity contribution in [3.8, 4) is 5.75 Å². The molecular formula is C14H15FN2O. The summed E-state index contributed by atoms with van der Waals surface area (Å²) in [5.74, 6) is -0.169. The zero-order valence-corrected chi connectivity index (χ0v) is 10.1. The molecule has 2 rings (SSSR count). The van der Waals surface area contributed by atoms with Gasteiger partial charge in [-0.2, -0.15) is 0 Å². The third-order valence-corrected chi connectivity index (χ3v) is 2.60. The van der Waals surface area contributed by atoms with Gasteiger partial charge in [-0.25, -0.2) is 4.39 Å². The molecule has 0 bridgehead atoms. The Labute approximate surface area is 105 Å². The van der Waals surface area contributed by atoms with Crippen LogP contribution in [0.3, 0.4) is 0 Å². The molecule has 1 unspecified atom stereocenters. The lowest BCUT2D eigenvalue weighted by molar-refractivity contribution is 0.289. The van der Waals surface area contributed by atoms with E-state index in [1.54, 1.807) is 24.5 Å². The van der Waals surface area contributed by atoms with E-state index in [-0.39, 0.29) is 11.8 Å². The van der Waals surface area contributed by atoms with Gasteiger partial charge in [-0.3, -0.25) is 4.98 Å². The molecule has 1 aromatic heterocycles. The zero-order chi connectivity index (χ0) is 13.0. The molecule has 2 aromatic rings. The average Bonchev–Trinajstić information content (AvgIpc) is 2.38. The molecule has 2 N–H and O–H groups in total. The first kappa shape index (κ1) is 12.5. The number of hydrogen-bond acceptors (Lipinski definition) is 3. The quantitative estimate of drug-likeness (QED) is 0.902. The molecule has 0 aliphatic rings. The van der Waals surface area contributed by atoms with E-state index >= 15 is 0 Å². The van der Waals surface area contributed by atoms with Crippen LogP contribution in [0.25, 0.3) is 0 Å². The van der Waals surface area contributed by atoms with Crippen LogP contribution in [0.2, 0.25) is 0 Å². The Morgan fingerprint density at radius 1 is 1.39 bits per heavy atom. The van der Waals surface area contributed by atoms with Crippen molar-refractivity contribution >= 4 is 0 Å². The molecule has 0 fully saturated rings. The van der Waals surface area contributed by atoms with Gasteiger partial charge in [0, 0.05) is 24.0 Å². The van der Waals surface area contributed by atoms with Crippen molar-refractivity contribution in [2.24, 2.45) is 5.73 Å². The third-order valence-electron chi connectivity index (χ3n) is 2.60. The lowest BCUT2D eigenvalue weighted by Gasteiger charge is -2.10. The van der Waals surface area contributed by atoms with Crippen LogP contribution in [0, 0.1) is 5.82 Å². The van der Waals surface area contributed by atoms with Crippen LogP contribution in [0.1, 0.15) is 24.1 Å². The SMILES string of the molecule is CC(N)c1ccc(OCc2cccnc2)c(F)c1. The van der Waals surface area contributed by atoms with Gasteiger partial charge in [0.05, 0.1) is 0 Å². The maximum Gasteiger partial charge on any atom is 0.165 e. The van der Waals surface area contributed by atoms with Crippen LogP contribution >= 0.6 is 0 Å². The maximum atomic E-state index is 13.7. The Balaban J connectivity index is 2.06. The third kappa shape index (κ3) is 3.05. The summed E-state index contributed by atoms with van der Waals surface area (Å²) in [6.45, 7) is 2.10. The fourth-order valence-electron chi connectivity index (χ4n) is 1.56. The van der Waals surface area contributed by atoms with Gasteiger partial charge in [0.1, 0.15) is 6.61 Å². The van der Waals surface area contributed by atoms with E-state index in [4.69, 9.17) is 10.5 Å². The molecule has 94 valence electrons. The van der Waals surface area contributed by atoms with Crippen LogP contribution in [0.4, 0.5) is 4.39 Å². The maximum absolute atomic E-state index is 13.7. The highest BCUT2D eigenvalue weighted by Crippen LogP contribution is 2.21. The molecule has 1 aromatic carbocycles. The van der Waals surface area contributed by atoms with Crippen LogP contribution < -0.4 is 10.5 Å². The fourth-order valence-corrected chi connectivity index (χ4v) is 1.56. The molecule has 0 saturated heterocycles. The van der Waals surface area contributed by atoms with Crippen LogP contribution in [0.15, 0.2) is 42.7 Å². The van der Waals surface area contributed by atoms with Crippen molar-refractivity contribution < 1.29 is 9.13 Å². The van der Waals surface area contributed by atoms with E-state index in [2.05, 4.69) is 4.98 Å². The largest absolute Gasteiger partial charge is 0.486 e. The van der Waals surface area contributed by atoms with Gasteiger partial charge in [0.2, 0.25) is 0 Å². The van der Waals surface area contributed by atoms with Crippen LogP contribution in [-0.4, -0.2) is 4.98 Å². The molecule has 0 amide bonds. The minimum atomic E-state index is -0.395.